The van der Waals surface area contributed by atoms with Gasteiger partial charge in [-0.3, -0.25) is 4.90 Å². The number of nitrogens with one attached hydrogen (secondary N) is 1. The highest BCUT2D eigenvalue weighted by molar-refractivity contribution is 4.96. The molecule has 20 heavy (non-hydrogen) atoms. The zero-order valence-electron chi connectivity index (χ0n) is 14.1. The van der Waals surface area contributed by atoms with Gasteiger partial charge in [0.1, 0.15) is 0 Å². The molecule has 2 fully saturated rings. The topological polar surface area (TPSA) is 24.5 Å². The molecule has 0 radical (unpaired) electrons. The van der Waals surface area contributed by atoms with Gasteiger partial charge < -0.3 is 10.1 Å². The van der Waals surface area contributed by atoms with Crippen LogP contribution in [0.4, 0.5) is 0 Å². The number of ether oxygens (including phenoxy) is 1. The molecule has 2 rings (SSSR count). The predicted molar refractivity (Wildman–Crippen MR) is 85.0 cm³/mol. The monoisotopic (exact) mass is 282 g/mol. The fraction of sp³-hybridized carbons (Fsp3) is 1.00. The lowest BCUT2D eigenvalue weighted by atomic mass is 9.77. The highest BCUT2D eigenvalue weighted by Gasteiger charge is 2.41. The molecule has 0 saturated heterocycles. The van der Waals surface area contributed by atoms with Crippen LogP contribution in [0.25, 0.3) is 0 Å². The molecule has 0 aromatic heterocycles. The van der Waals surface area contributed by atoms with Crippen LogP contribution in [0.3, 0.4) is 0 Å². The number of hydrogen-bond donors (Lipinski definition) is 1. The van der Waals surface area contributed by atoms with Crippen molar-refractivity contribution < 1.29 is 4.74 Å². The van der Waals surface area contributed by atoms with Gasteiger partial charge in [0, 0.05) is 31.3 Å². The summed E-state index contributed by atoms with van der Waals surface area (Å²) in [5.74, 6) is 1.77. The third-order valence-electron chi connectivity index (χ3n) is 5.08. The molecular weight excluding hydrogens is 248 g/mol. The lowest BCUT2D eigenvalue weighted by molar-refractivity contribution is 0.00598. The Morgan fingerprint density at radius 3 is 2.35 bits per heavy atom. The van der Waals surface area contributed by atoms with Gasteiger partial charge in [-0.15, -0.1) is 0 Å². The number of hydrogen-bond acceptors (Lipinski definition) is 3. The van der Waals surface area contributed by atoms with Crippen molar-refractivity contribution in [3.63, 3.8) is 0 Å². The normalized spacial score (nSPS) is 28.5. The first kappa shape index (κ1) is 16.3. The van der Waals surface area contributed by atoms with Crippen LogP contribution in [0.15, 0.2) is 0 Å². The van der Waals surface area contributed by atoms with Crippen LogP contribution in [0.1, 0.15) is 53.4 Å². The van der Waals surface area contributed by atoms with Crippen molar-refractivity contribution in [1.29, 1.82) is 0 Å². The Labute approximate surface area is 125 Å². The van der Waals surface area contributed by atoms with Gasteiger partial charge in [-0.2, -0.15) is 0 Å². The summed E-state index contributed by atoms with van der Waals surface area (Å²) in [6, 6.07) is 1.52. The molecule has 0 aromatic rings. The Morgan fingerprint density at radius 1 is 1.20 bits per heavy atom. The first-order valence-electron chi connectivity index (χ1n) is 8.42. The summed E-state index contributed by atoms with van der Waals surface area (Å²) in [6.07, 6.45) is 5.62. The standard InChI is InChI=1S/C17H34N2O/c1-13(14-6-7-14)19(10-11-20-5)16-9-8-15(16)12-18-17(2,3)4/h13-16,18H,6-12H2,1-5H3. The molecule has 0 heterocycles. The molecule has 0 aliphatic heterocycles. The van der Waals surface area contributed by atoms with E-state index in [1.54, 1.807) is 0 Å². The SMILES string of the molecule is COCCN(C(C)C1CC1)C1CCC1CNC(C)(C)C. The maximum absolute atomic E-state index is 5.33. The zero-order valence-corrected chi connectivity index (χ0v) is 14.1. The molecule has 3 heteroatoms. The van der Waals surface area contributed by atoms with Crippen LogP contribution in [0.5, 0.6) is 0 Å². The number of nitrogens with zero attached hydrogens (tertiary/aromatic N) is 1. The van der Waals surface area contributed by atoms with E-state index >= 15 is 0 Å². The number of rotatable bonds is 8. The van der Waals surface area contributed by atoms with Gasteiger partial charge in [0.2, 0.25) is 0 Å². The molecule has 0 amide bonds. The summed E-state index contributed by atoms with van der Waals surface area (Å²) in [4.78, 5) is 2.75. The van der Waals surface area contributed by atoms with E-state index in [1.165, 1.54) is 25.7 Å². The maximum Gasteiger partial charge on any atom is 0.0589 e. The fourth-order valence-corrected chi connectivity index (χ4v) is 3.38. The third-order valence-corrected chi connectivity index (χ3v) is 5.08. The van der Waals surface area contributed by atoms with Gasteiger partial charge in [-0.05, 0) is 71.8 Å². The van der Waals surface area contributed by atoms with Gasteiger partial charge in [0.15, 0.2) is 0 Å². The second kappa shape index (κ2) is 6.76. The van der Waals surface area contributed by atoms with E-state index in [1.807, 2.05) is 7.11 Å². The van der Waals surface area contributed by atoms with Gasteiger partial charge in [-0.25, -0.2) is 0 Å². The molecule has 3 nitrogen and oxygen atoms in total. The summed E-state index contributed by atoms with van der Waals surface area (Å²) in [7, 11) is 1.82. The summed E-state index contributed by atoms with van der Waals surface area (Å²) in [5, 5.41) is 3.69. The van der Waals surface area contributed by atoms with E-state index in [2.05, 4.69) is 37.9 Å². The molecule has 2 saturated carbocycles. The van der Waals surface area contributed by atoms with Crippen LogP contribution in [0.2, 0.25) is 0 Å². The molecule has 118 valence electrons. The van der Waals surface area contributed by atoms with Crippen molar-refractivity contribution in [3.05, 3.63) is 0 Å². The van der Waals surface area contributed by atoms with Crippen LogP contribution in [-0.2, 0) is 4.74 Å². The Bertz CT molecular complexity index is 296. The van der Waals surface area contributed by atoms with Gasteiger partial charge in [-0.1, -0.05) is 0 Å². The lowest BCUT2D eigenvalue weighted by Gasteiger charge is -2.48. The van der Waals surface area contributed by atoms with Crippen LogP contribution < -0.4 is 5.32 Å². The molecule has 0 spiro atoms. The fourth-order valence-electron chi connectivity index (χ4n) is 3.38. The van der Waals surface area contributed by atoms with E-state index in [0.717, 1.165) is 43.6 Å². The molecule has 3 atom stereocenters. The van der Waals surface area contributed by atoms with Crippen LogP contribution in [0, 0.1) is 11.8 Å². The van der Waals surface area contributed by atoms with E-state index in [9.17, 15) is 0 Å². The van der Waals surface area contributed by atoms with E-state index < -0.39 is 0 Å². The summed E-state index contributed by atoms with van der Waals surface area (Å²) in [5.41, 5.74) is 0.236. The smallest absolute Gasteiger partial charge is 0.0589 e. The minimum atomic E-state index is 0.236. The van der Waals surface area contributed by atoms with Crippen LogP contribution in [-0.4, -0.2) is 49.3 Å². The summed E-state index contributed by atoms with van der Waals surface area (Å²) < 4.78 is 5.33. The Morgan fingerprint density at radius 2 is 1.90 bits per heavy atom. The molecule has 3 unspecified atom stereocenters. The summed E-state index contributed by atoms with van der Waals surface area (Å²) >= 11 is 0. The Hall–Kier alpha value is -0.120. The van der Waals surface area contributed by atoms with E-state index in [0.29, 0.717) is 0 Å². The lowest BCUT2D eigenvalue weighted by Crippen LogP contribution is -2.56. The first-order chi connectivity index (χ1) is 9.42. The second-order valence-corrected chi connectivity index (χ2v) is 7.84. The van der Waals surface area contributed by atoms with Crippen molar-refractivity contribution in [2.75, 3.05) is 26.8 Å². The van der Waals surface area contributed by atoms with E-state index in [4.69, 9.17) is 4.74 Å². The average molecular weight is 282 g/mol. The zero-order chi connectivity index (χ0) is 14.8. The van der Waals surface area contributed by atoms with Gasteiger partial charge in [0.25, 0.3) is 0 Å². The van der Waals surface area contributed by atoms with Crippen molar-refractivity contribution in [3.8, 4) is 0 Å². The molecule has 1 N–H and O–H groups in total. The second-order valence-electron chi connectivity index (χ2n) is 7.84. The molecular formula is C17H34N2O. The molecule has 2 aliphatic carbocycles. The third kappa shape index (κ3) is 4.44. The minimum Gasteiger partial charge on any atom is -0.383 e. The van der Waals surface area contributed by atoms with Crippen molar-refractivity contribution in [2.45, 2.75) is 71.0 Å². The maximum atomic E-state index is 5.33. The molecule has 0 bridgehead atoms. The quantitative estimate of drug-likeness (QED) is 0.741. The minimum absolute atomic E-state index is 0.236. The number of methoxy groups -OCH3 is 1. The van der Waals surface area contributed by atoms with Crippen molar-refractivity contribution >= 4 is 0 Å². The van der Waals surface area contributed by atoms with Crippen molar-refractivity contribution in [1.82, 2.24) is 10.2 Å². The Balaban J connectivity index is 1.87. The Kier molecular flexibility index (Phi) is 5.49. The highest BCUT2D eigenvalue weighted by atomic mass is 16.5. The highest BCUT2D eigenvalue weighted by Crippen LogP contribution is 2.40. The first-order valence-corrected chi connectivity index (χ1v) is 8.42. The van der Waals surface area contributed by atoms with Gasteiger partial charge >= 0.3 is 0 Å². The summed E-state index contributed by atoms with van der Waals surface area (Å²) in [6.45, 7) is 12.3. The van der Waals surface area contributed by atoms with Gasteiger partial charge in [0.05, 0.1) is 6.61 Å². The van der Waals surface area contributed by atoms with Crippen LogP contribution >= 0.6 is 0 Å². The van der Waals surface area contributed by atoms with E-state index in [-0.39, 0.29) is 5.54 Å². The molecule has 0 aromatic carbocycles. The van der Waals surface area contributed by atoms with Crippen molar-refractivity contribution in [2.24, 2.45) is 11.8 Å². The predicted octanol–water partition coefficient (Wildman–Crippen LogP) is 2.90. The average Bonchev–Trinajstić information content (AvgIpc) is 3.14. The molecule has 2 aliphatic rings. The largest absolute Gasteiger partial charge is 0.383 e.